The Balaban J connectivity index is 2.55. The number of aryl methyl sites for hydroxylation is 1. The number of hydrogen-bond donors (Lipinski definition) is 2. The van der Waals surface area contributed by atoms with Crippen LogP contribution in [0.5, 0.6) is 0 Å². The first-order chi connectivity index (χ1) is 7.63. The SMILES string of the molecule is CCNC(=O)c1sc2nc(C)ccc2c1N. The number of nitrogens with two attached hydrogens (primary N) is 1. The lowest BCUT2D eigenvalue weighted by Crippen LogP contribution is -2.22. The minimum atomic E-state index is -0.124. The quantitative estimate of drug-likeness (QED) is 0.835. The van der Waals surface area contributed by atoms with Crippen LogP contribution < -0.4 is 11.1 Å². The molecule has 0 saturated carbocycles. The summed E-state index contributed by atoms with van der Waals surface area (Å²) in [5.74, 6) is -0.124. The summed E-state index contributed by atoms with van der Waals surface area (Å²) in [6.07, 6.45) is 0. The molecule has 2 aromatic rings. The molecule has 0 radical (unpaired) electrons. The van der Waals surface area contributed by atoms with E-state index in [1.807, 2.05) is 26.0 Å². The van der Waals surface area contributed by atoms with Gasteiger partial charge in [0.15, 0.2) is 0 Å². The molecule has 0 atom stereocenters. The Morgan fingerprint density at radius 2 is 2.31 bits per heavy atom. The van der Waals surface area contributed by atoms with Gasteiger partial charge >= 0.3 is 0 Å². The Morgan fingerprint density at radius 3 is 3.00 bits per heavy atom. The van der Waals surface area contributed by atoms with E-state index in [2.05, 4.69) is 10.3 Å². The van der Waals surface area contributed by atoms with Gasteiger partial charge in [0.05, 0.1) is 5.69 Å². The maximum atomic E-state index is 11.7. The summed E-state index contributed by atoms with van der Waals surface area (Å²) in [4.78, 5) is 17.4. The van der Waals surface area contributed by atoms with Crippen molar-refractivity contribution in [3.8, 4) is 0 Å². The van der Waals surface area contributed by atoms with Crippen molar-refractivity contribution < 1.29 is 4.79 Å². The van der Waals surface area contributed by atoms with Gasteiger partial charge in [0.1, 0.15) is 9.71 Å². The van der Waals surface area contributed by atoms with Crippen LogP contribution in [0.4, 0.5) is 5.69 Å². The Labute approximate surface area is 97.5 Å². The second-order valence-corrected chi connectivity index (χ2v) is 4.51. The molecule has 1 amide bonds. The van der Waals surface area contributed by atoms with Crippen molar-refractivity contribution in [2.24, 2.45) is 0 Å². The highest BCUT2D eigenvalue weighted by Gasteiger charge is 2.16. The van der Waals surface area contributed by atoms with Crippen molar-refractivity contribution in [1.29, 1.82) is 0 Å². The minimum absolute atomic E-state index is 0.124. The lowest BCUT2D eigenvalue weighted by molar-refractivity contribution is 0.0960. The topological polar surface area (TPSA) is 68.0 Å². The lowest BCUT2D eigenvalue weighted by atomic mass is 10.2. The molecule has 5 heteroatoms. The molecule has 2 aromatic heterocycles. The summed E-state index contributed by atoms with van der Waals surface area (Å²) in [7, 11) is 0. The third-order valence-electron chi connectivity index (χ3n) is 2.28. The fourth-order valence-corrected chi connectivity index (χ4v) is 2.55. The van der Waals surface area contributed by atoms with Crippen molar-refractivity contribution in [2.75, 3.05) is 12.3 Å². The van der Waals surface area contributed by atoms with Crippen LogP contribution in [0, 0.1) is 6.92 Å². The molecule has 0 saturated heterocycles. The monoisotopic (exact) mass is 235 g/mol. The smallest absolute Gasteiger partial charge is 0.263 e. The third-order valence-corrected chi connectivity index (χ3v) is 3.39. The first-order valence-corrected chi connectivity index (χ1v) is 5.89. The number of nitrogens with one attached hydrogen (secondary N) is 1. The highest BCUT2D eigenvalue weighted by molar-refractivity contribution is 7.21. The highest BCUT2D eigenvalue weighted by atomic mass is 32.1. The summed E-state index contributed by atoms with van der Waals surface area (Å²) < 4.78 is 0. The number of nitrogen functional groups attached to an aromatic ring is 1. The Morgan fingerprint density at radius 1 is 1.56 bits per heavy atom. The predicted octanol–water partition coefficient (Wildman–Crippen LogP) is 1.94. The highest BCUT2D eigenvalue weighted by Crippen LogP contribution is 2.32. The number of anilines is 1. The van der Waals surface area contributed by atoms with E-state index in [1.54, 1.807) is 0 Å². The molecule has 84 valence electrons. The van der Waals surface area contributed by atoms with Gasteiger partial charge in [-0.25, -0.2) is 4.98 Å². The molecule has 2 rings (SSSR count). The molecule has 16 heavy (non-hydrogen) atoms. The van der Waals surface area contributed by atoms with Crippen LogP contribution in [0.15, 0.2) is 12.1 Å². The van der Waals surface area contributed by atoms with E-state index < -0.39 is 0 Å². The number of pyridine rings is 1. The first kappa shape index (κ1) is 10.9. The number of thiophene rings is 1. The molecular formula is C11H13N3OS. The average molecular weight is 235 g/mol. The van der Waals surface area contributed by atoms with Gasteiger partial charge in [-0.2, -0.15) is 0 Å². The van der Waals surface area contributed by atoms with E-state index in [1.165, 1.54) is 11.3 Å². The third kappa shape index (κ3) is 1.74. The summed E-state index contributed by atoms with van der Waals surface area (Å²) in [5, 5.41) is 3.60. The second kappa shape index (κ2) is 4.09. The summed E-state index contributed by atoms with van der Waals surface area (Å²) in [6.45, 7) is 4.39. The van der Waals surface area contributed by atoms with Crippen LogP contribution in [0.1, 0.15) is 22.3 Å². The van der Waals surface area contributed by atoms with Crippen LogP contribution >= 0.6 is 11.3 Å². The van der Waals surface area contributed by atoms with Gasteiger partial charge in [-0.05, 0) is 26.0 Å². The van der Waals surface area contributed by atoms with E-state index in [4.69, 9.17) is 5.73 Å². The molecule has 0 aliphatic rings. The normalized spacial score (nSPS) is 10.6. The van der Waals surface area contributed by atoms with Gasteiger partial charge in [0.2, 0.25) is 0 Å². The molecule has 2 heterocycles. The Kier molecular flexibility index (Phi) is 2.78. The maximum absolute atomic E-state index is 11.7. The van der Waals surface area contributed by atoms with Gasteiger partial charge < -0.3 is 11.1 Å². The molecule has 0 bridgehead atoms. The molecule has 0 spiro atoms. The van der Waals surface area contributed by atoms with Crippen molar-refractivity contribution >= 4 is 33.1 Å². The lowest BCUT2D eigenvalue weighted by Gasteiger charge is -1.99. The van der Waals surface area contributed by atoms with Crippen LogP contribution in [-0.2, 0) is 0 Å². The number of amides is 1. The van der Waals surface area contributed by atoms with Crippen LogP contribution in [0.25, 0.3) is 10.2 Å². The fourth-order valence-electron chi connectivity index (χ4n) is 1.50. The zero-order chi connectivity index (χ0) is 11.7. The number of carbonyl (C=O) groups is 1. The van der Waals surface area contributed by atoms with E-state index in [0.29, 0.717) is 17.1 Å². The van der Waals surface area contributed by atoms with Crippen LogP contribution in [-0.4, -0.2) is 17.4 Å². The number of aromatic nitrogens is 1. The van der Waals surface area contributed by atoms with Gasteiger partial charge in [-0.1, -0.05) is 0 Å². The summed E-state index contributed by atoms with van der Waals surface area (Å²) in [6, 6.07) is 3.80. The van der Waals surface area contributed by atoms with Crippen LogP contribution in [0.3, 0.4) is 0 Å². The number of nitrogens with zero attached hydrogens (tertiary/aromatic N) is 1. The van der Waals surface area contributed by atoms with Crippen molar-refractivity contribution in [3.05, 3.63) is 22.7 Å². The van der Waals surface area contributed by atoms with Crippen molar-refractivity contribution in [1.82, 2.24) is 10.3 Å². The minimum Gasteiger partial charge on any atom is -0.397 e. The van der Waals surface area contributed by atoms with Gasteiger partial charge in [0.25, 0.3) is 5.91 Å². The number of hydrogen-bond acceptors (Lipinski definition) is 4. The molecule has 0 unspecified atom stereocenters. The second-order valence-electron chi connectivity index (χ2n) is 3.51. The van der Waals surface area contributed by atoms with E-state index in [-0.39, 0.29) is 5.91 Å². The van der Waals surface area contributed by atoms with Crippen LogP contribution in [0.2, 0.25) is 0 Å². The van der Waals surface area contributed by atoms with Gasteiger partial charge in [-0.3, -0.25) is 4.79 Å². The summed E-state index contributed by atoms with van der Waals surface area (Å²) in [5.41, 5.74) is 7.38. The zero-order valence-electron chi connectivity index (χ0n) is 9.20. The predicted molar refractivity (Wildman–Crippen MR) is 66.8 cm³/mol. The first-order valence-electron chi connectivity index (χ1n) is 5.07. The average Bonchev–Trinajstić information content (AvgIpc) is 2.56. The molecule has 3 N–H and O–H groups in total. The van der Waals surface area contributed by atoms with E-state index in [0.717, 1.165) is 15.9 Å². The van der Waals surface area contributed by atoms with Gasteiger partial charge in [-0.15, -0.1) is 11.3 Å². The standard InChI is InChI=1S/C11H13N3OS/c1-3-13-10(15)9-8(12)7-5-4-6(2)14-11(7)16-9/h4-5H,3,12H2,1-2H3,(H,13,15). The van der Waals surface area contributed by atoms with Crippen molar-refractivity contribution in [3.63, 3.8) is 0 Å². The number of carbonyl (C=O) groups excluding carboxylic acids is 1. The number of fused-ring (bicyclic) bond motifs is 1. The molecule has 0 aliphatic heterocycles. The molecule has 4 nitrogen and oxygen atoms in total. The van der Waals surface area contributed by atoms with E-state index >= 15 is 0 Å². The Hall–Kier alpha value is -1.62. The molecule has 0 aromatic carbocycles. The Bertz CT molecular complexity index is 547. The molecule has 0 aliphatic carbocycles. The zero-order valence-corrected chi connectivity index (χ0v) is 10.0. The maximum Gasteiger partial charge on any atom is 0.263 e. The summed E-state index contributed by atoms with van der Waals surface area (Å²) >= 11 is 1.34. The van der Waals surface area contributed by atoms with Gasteiger partial charge in [0, 0.05) is 17.6 Å². The van der Waals surface area contributed by atoms with E-state index in [9.17, 15) is 4.79 Å². The molecular weight excluding hydrogens is 222 g/mol. The molecule has 0 fully saturated rings. The van der Waals surface area contributed by atoms with Crippen molar-refractivity contribution in [2.45, 2.75) is 13.8 Å². The largest absolute Gasteiger partial charge is 0.397 e. The fraction of sp³-hybridized carbons (Fsp3) is 0.273. The number of rotatable bonds is 2.